The zero-order chi connectivity index (χ0) is 14.8. The molecule has 0 spiro atoms. The first-order chi connectivity index (χ1) is 8.54. The van der Waals surface area contributed by atoms with Crippen molar-refractivity contribution in [2.24, 2.45) is 5.14 Å². The zero-order valence-corrected chi connectivity index (χ0v) is 12.5. The van der Waals surface area contributed by atoms with Gasteiger partial charge in [0.1, 0.15) is 17.3 Å². The molecular formula is C12H21N3O3S. The van der Waals surface area contributed by atoms with Crippen molar-refractivity contribution in [3.05, 3.63) is 18.2 Å². The van der Waals surface area contributed by atoms with Crippen LogP contribution in [0.1, 0.15) is 13.8 Å². The van der Waals surface area contributed by atoms with Crippen LogP contribution in [0.4, 0.5) is 5.69 Å². The van der Waals surface area contributed by atoms with Crippen molar-refractivity contribution >= 4 is 15.7 Å². The smallest absolute Gasteiger partial charge is 0.240 e. The Hall–Kier alpha value is -1.31. The second-order valence-electron chi connectivity index (χ2n) is 5.24. The van der Waals surface area contributed by atoms with Crippen LogP contribution in [0.15, 0.2) is 23.1 Å². The molecule has 0 saturated heterocycles. The monoisotopic (exact) mass is 287 g/mol. The van der Waals surface area contributed by atoms with E-state index in [0.717, 1.165) is 0 Å². The van der Waals surface area contributed by atoms with Crippen LogP contribution in [0.5, 0.6) is 5.75 Å². The lowest BCUT2D eigenvalue weighted by Gasteiger charge is -2.32. The van der Waals surface area contributed by atoms with Crippen LogP contribution in [0.25, 0.3) is 0 Å². The quantitative estimate of drug-likeness (QED) is 0.774. The number of nitrogen functional groups attached to an aromatic ring is 1. The van der Waals surface area contributed by atoms with Crippen molar-refractivity contribution in [2.75, 3.05) is 26.4 Å². The molecule has 1 aromatic rings. The molecular weight excluding hydrogens is 266 g/mol. The fourth-order valence-corrected chi connectivity index (χ4v) is 1.91. The van der Waals surface area contributed by atoms with E-state index in [2.05, 4.69) is 0 Å². The predicted octanol–water partition coefficient (Wildman–Crippen LogP) is 0.635. The molecule has 0 saturated carbocycles. The Morgan fingerprint density at radius 2 is 1.89 bits per heavy atom. The Bertz CT molecular complexity index is 553. The summed E-state index contributed by atoms with van der Waals surface area (Å²) in [6.45, 7) is 4.53. The topological polar surface area (TPSA) is 98.6 Å². The number of primary sulfonamides is 1. The highest BCUT2D eigenvalue weighted by molar-refractivity contribution is 7.89. The first-order valence-corrected chi connectivity index (χ1v) is 7.31. The van der Waals surface area contributed by atoms with Crippen molar-refractivity contribution in [3.8, 4) is 5.75 Å². The second-order valence-corrected chi connectivity index (χ2v) is 6.77. The Balaban J connectivity index is 2.86. The van der Waals surface area contributed by atoms with Gasteiger partial charge in [0, 0.05) is 11.6 Å². The molecule has 19 heavy (non-hydrogen) atoms. The molecule has 108 valence electrons. The van der Waals surface area contributed by atoms with Gasteiger partial charge < -0.3 is 15.4 Å². The number of likely N-dealkylation sites (N-methyl/N-ethyl adjacent to an activating group) is 1. The van der Waals surface area contributed by atoms with Gasteiger partial charge in [0.25, 0.3) is 0 Å². The van der Waals surface area contributed by atoms with Gasteiger partial charge in [0.15, 0.2) is 0 Å². The van der Waals surface area contributed by atoms with Crippen LogP contribution in [0, 0.1) is 0 Å². The molecule has 0 unspecified atom stereocenters. The normalized spacial score (nSPS) is 12.7. The summed E-state index contributed by atoms with van der Waals surface area (Å²) in [6, 6.07) is 4.36. The first-order valence-electron chi connectivity index (χ1n) is 5.76. The van der Waals surface area contributed by atoms with E-state index in [1.165, 1.54) is 12.1 Å². The lowest BCUT2D eigenvalue weighted by molar-refractivity contribution is 0.114. The number of hydrogen-bond donors (Lipinski definition) is 2. The molecule has 0 amide bonds. The number of rotatable bonds is 5. The molecule has 1 aromatic carbocycles. The molecule has 0 aliphatic rings. The highest BCUT2D eigenvalue weighted by Gasteiger charge is 2.21. The summed E-state index contributed by atoms with van der Waals surface area (Å²) in [6.07, 6.45) is 0. The summed E-state index contributed by atoms with van der Waals surface area (Å²) >= 11 is 0. The van der Waals surface area contributed by atoms with Gasteiger partial charge in [-0.05, 0) is 40.1 Å². The maximum Gasteiger partial charge on any atom is 0.240 e. The molecule has 0 heterocycles. The van der Waals surface area contributed by atoms with E-state index < -0.39 is 10.0 Å². The SMILES string of the molecule is CN(C)C(C)(C)COc1ccc(S(N)(=O)=O)c(N)c1. The first kappa shape index (κ1) is 15.7. The van der Waals surface area contributed by atoms with E-state index in [4.69, 9.17) is 15.6 Å². The minimum atomic E-state index is -3.80. The lowest BCUT2D eigenvalue weighted by atomic mass is 10.1. The van der Waals surface area contributed by atoms with Gasteiger partial charge in [-0.1, -0.05) is 0 Å². The van der Waals surface area contributed by atoms with Gasteiger partial charge in [-0.3, -0.25) is 0 Å². The van der Waals surface area contributed by atoms with Crippen LogP contribution in [0.3, 0.4) is 0 Å². The lowest BCUT2D eigenvalue weighted by Crippen LogP contribution is -2.43. The summed E-state index contributed by atoms with van der Waals surface area (Å²) in [4.78, 5) is 1.95. The number of nitrogens with zero attached hydrogens (tertiary/aromatic N) is 1. The number of hydrogen-bond acceptors (Lipinski definition) is 5. The average Bonchev–Trinajstić information content (AvgIpc) is 2.24. The molecule has 4 N–H and O–H groups in total. The number of sulfonamides is 1. The number of ether oxygens (including phenoxy) is 1. The summed E-state index contributed by atoms with van der Waals surface area (Å²) in [5, 5.41) is 5.04. The summed E-state index contributed by atoms with van der Waals surface area (Å²) < 4.78 is 28.1. The Morgan fingerprint density at radius 3 is 2.32 bits per heavy atom. The van der Waals surface area contributed by atoms with Gasteiger partial charge in [0.05, 0.1) is 5.69 Å². The molecule has 0 aliphatic carbocycles. The van der Waals surface area contributed by atoms with Crippen LogP contribution in [0.2, 0.25) is 0 Å². The average molecular weight is 287 g/mol. The van der Waals surface area contributed by atoms with Gasteiger partial charge >= 0.3 is 0 Å². The van der Waals surface area contributed by atoms with Crippen LogP contribution >= 0.6 is 0 Å². The van der Waals surface area contributed by atoms with Crippen LogP contribution < -0.4 is 15.6 Å². The Kier molecular flexibility index (Phi) is 4.44. The zero-order valence-electron chi connectivity index (χ0n) is 11.7. The third kappa shape index (κ3) is 4.09. The summed E-state index contributed by atoms with van der Waals surface area (Å²) in [5.41, 5.74) is 5.60. The van der Waals surface area contributed by atoms with E-state index in [1.54, 1.807) is 6.07 Å². The molecule has 0 aliphatic heterocycles. The maximum atomic E-state index is 11.2. The van der Waals surface area contributed by atoms with Crippen LogP contribution in [-0.2, 0) is 10.0 Å². The third-order valence-corrected chi connectivity index (χ3v) is 4.08. The van der Waals surface area contributed by atoms with E-state index >= 15 is 0 Å². The summed E-state index contributed by atoms with van der Waals surface area (Å²) in [5.74, 6) is 0.514. The van der Waals surface area contributed by atoms with Gasteiger partial charge in [0.2, 0.25) is 10.0 Å². The fraction of sp³-hybridized carbons (Fsp3) is 0.500. The summed E-state index contributed by atoms with van der Waals surface area (Å²) in [7, 11) is 0.124. The van der Waals surface area contributed by atoms with Crippen molar-refractivity contribution < 1.29 is 13.2 Å². The Morgan fingerprint density at radius 1 is 1.32 bits per heavy atom. The van der Waals surface area contributed by atoms with Gasteiger partial charge in [-0.25, -0.2) is 13.6 Å². The van der Waals surface area contributed by atoms with E-state index in [-0.39, 0.29) is 16.1 Å². The molecule has 0 fully saturated rings. The molecule has 6 nitrogen and oxygen atoms in total. The highest BCUT2D eigenvalue weighted by Crippen LogP contribution is 2.24. The minimum absolute atomic E-state index is 0.0858. The largest absolute Gasteiger partial charge is 0.492 e. The molecule has 0 aromatic heterocycles. The highest BCUT2D eigenvalue weighted by atomic mass is 32.2. The molecule has 7 heteroatoms. The van der Waals surface area contributed by atoms with Crippen LogP contribution in [-0.4, -0.2) is 39.6 Å². The van der Waals surface area contributed by atoms with Gasteiger partial charge in [-0.2, -0.15) is 0 Å². The fourth-order valence-electron chi connectivity index (χ4n) is 1.26. The number of anilines is 1. The van der Waals surface area contributed by atoms with Gasteiger partial charge in [-0.15, -0.1) is 0 Å². The minimum Gasteiger partial charge on any atom is -0.492 e. The molecule has 1 rings (SSSR count). The number of benzene rings is 1. The van der Waals surface area contributed by atoms with Crippen molar-refractivity contribution in [1.82, 2.24) is 4.90 Å². The second kappa shape index (κ2) is 5.36. The Labute approximate surface area is 114 Å². The van der Waals surface area contributed by atoms with Crippen molar-refractivity contribution in [3.63, 3.8) is 0 Å². The molecule has 0 radical (unpaired) electrons. The third-order valence-electron chi connectivity index (χ3n) is 3.09. The van der Waals surface area contributed by atoms with Crippen molar-refractivity contribution in [2.45, 2.75) is 24.3 Å². The number of nitrogens with two attached hydrogens (primary N) is 2. The standard InChI is InChI=1S/C12H21N3O3S/c1-12(2,15(3)4)8-18-9-5-6-11(10(13)7-9)19(14,16)17/h5-7H,8,13H2,1-4H3,(H2,14,16,17). The molecule has 0 atom stereocenters. The van der Waals surface area contributed by atoms with Crippen molar-refractivity contribution in [1.29, 1.82) is 0 Å². The van der Waals surface area contributed by atoms with E-state index in [9.17, 15) is 8.42 Å². The predicted molar refractivity (Wildman–Crippen MR) is 75.5 cm³/mol. The molecule has 0 bridgehead atoms. The maximum absolute atomic E-state index is 11.2. The van der Waals surface area contributed by atoms with E-state index in [0.29, 0.717) is 12.4 Å². The van der Waals surface area contributed by atoms with E-state index in [1.807, 2.05) is 32.8 Å².